The predicted octanol–water partition coefficient (Wildman–Crippen LogP) is 2.41. The van der Waals surface area contributed by atoms with Crippen LogP contribution in [-0.2, 0) is 4.79 Å². The highest BCUT2D eigenvalue weighted by Gasteiger charge is 2.32. The third kappa shape index (κ3) is 6.35. The summed E-state index contributed by atoms with van der Waals surface area (Å²) in [5, 5.41) is 13.8. The van der Waals surface area contributed by atoms with Crippen LogP contribution < -0.4 is 5.32 Å². The third-order valence-electron chi connectivity index (χ3n) is 4.42. The fraction of sp³-hybridized carbons (Fsp3) is 0.941. The lowest BCUT2D eigenvalue weighted by Crippen LogP contribution is -2.53. The van der Waals surface area contributed by atoms with Gasteiger partial charge in [0.25, 0.3) is 0 Å². The Kier molecular flexibility index (Phi) is 8.27. The van der Waals surface area contributed by atoms with Crippen molar-refractivity contribution in [3.8, 4) is 0 Å². The Hall–Kier alpha value is -0.610. The molecule has 1 aliphatic heterocycles. The summed E-state index contributed by atoms with van der Waals surface area (Å²) in [5.41, 5.74) is 0. The number of carbonyl (C=O) groups is 1. The van der Waals surface area contributed by atoms with Gasteiger partial charge in [-0.25, -0.2) is 0 Å². The van der Waals surface area contributed by atoms with E-state index in [1.807, 2.05) is 18.7 Å². The van der Waals surface area contributed by atoms with Gasteiger partial charge < -0.3 is 15.3 Å². The van der Waals surface area contributed by atoms with E-state index in [1.54, 1.807) is 0 Å². The van der Waals surface area contributed by atoms with Crippen LogP contribution in [0.1, 0.15) is 59.8 Å². The van der Waals surface area contributed by atoms with Crippen molar-refractivity contribution >= 4 is 5.91 Å². The maximum absolute atomic E-state index is 12.2. The number of aliphatic hydroxyl groups is 1. The van der Waals surface area contributed by atoms with Crippen molar-refractivity contribution in [1.29, 1.82) is 0 Å². The lowest BCUT2D eigenvalue weighted by molar-refractivity contribution is -0.134. The molecule has 0 bridgehead atoms. The maximum atomic E-state index is 12.2. The number of piperidine rings is 1. The van der Waals surface area contributed by atoms with Gasteiger partial charge in [0.05, 0.1) is 6.10 Å². The van der Waals surface area contributed by atoms with Crippen LogP contribution >= 0.6 is 0 Å². The molecular formula is C17H34N2O2. The van der Waals surface area contributed by atoms with E-state index >= 15 is 0 Å². The molecule has 0 aromatic carbocycles. The molecule has 0 radical (unpaired) electrons. The summed E-state index contributed by atoms with van der Waals surface area (Å²) >= 11 is 0. The first kappa shape index (κ1) is 18.4. The van der Waals surface area contributed by atoms with Gasteiger partial charge in [0, 0.05) is 31.5 Å². The summed E-state index contributed by atoms with van der Waals surface area (Å²) in [6.07, 6.45) is 4.11. The van der Waals surface area contributed by atoms with Gasteiger partial charge in [0.2, 0.25) is 5.91 Å². The molecule has 1 rings (SSSR count). The molecule has 3 atom stereocenters. The Bertz CT molecular complexity index is 307. The summed E-state index contributed by atoms with van der Waals surface area (Å²) in [7, 11) is 0. The zero-order valence-corrected chi connectivity index (χ0v) is 14.3. The number of rotatable bonds is 8. The minimum Gasteiger partial charge on any atom is -0.393 e. The van der Waals surface area contributed by atoms with Crippen LogP contribution in [0.5, 0.6) is 0 Å². The first-order valence-corrected chi connectivity index (χ1v) is 8.67. The lowest BCUT2D eigenvalue weighted by atomic mass is 9.88. The maximum Gasteiger partial charge on any atom is 0.222 e. The summed E-state index contributed by atoms with van der Waals surface area (Å²) < 4.78 is 0. The number of hydrogen-bond acceptors (Lipinski definition) is 3. The van der Waals surface area contributed by atoms with E-state index in [2.05, 4.69) is 19.2 Å². The van der Waals surface area contributed by atoms with Crippen LogP contribution in [0.4, 0.5) is 0 Å². The van der Waals surface area contributed by atoms with E-state index in [0.717, 1.165) is 45.3 Å². The molecular weight excluding hydrogens is 264 g/mol. The number of hydrogen-bond donors (Lipinski definition) is 2. The minimum absolute atomic E-state index is 0.209. The molecule has 1 fully saturated rings. The quantitative estimate of drug-likeness (QED) is 0.723. The Balaban J connectivity index is 2.59. The fourth-order valence-corrected chi connectivity index (χ4v) is 3.05. The number of likely N-dealkylation sites (tertiary alicyclic amines) is 1. The molecule has 21 heavy (non-hydrogen) atoms. The van der Waals surface area contributed by atoms with Crippen LogP contribution in [-0.4, -0.2) is 47.7 Å². The SMILES string of the molecule is CCCC(=O)N1CC(NCCC(C)C)CC(C(O)CC)C1. The second-order valence-electron chi connectivity index (χ2n) is 6.85. The second-order valence-corrected chi connectivity index (χ2v) is 6.85. The molecule has 1 amide bonds. The Morgan fingerprint density at radius 1 is 1.33 bits per heavy atom. The first-order chi connectivity index (χ1) is 9.97. The van der Waals surface area contributed by atoms with E-state index in [1.165, 1.54) is 0 Å². The van der Waals surface area contributed by atoms with Crippen LogP contribution in [0.3, 0.4) is 0 Å². The molecule has 4 heteroatoms. The molecule has 0 aromatic rings. The Morgan fingerprint density at radius 2 is 2.05 bits per heavy atom. The van der Waals surface area contributed by atoms with Gasteiger partial charge in [-0.15, -0.1) is 0 Å². The van der Waals surface area contributed by atoms with Gasteiger partial charge >= 0.3 is 0 Å². The molecule has 1 saturated heterocycles. The lowest BCUT2D eigenvalue weighted by Gasteiger charge is -2.40. The molecule has 124 valence electrons. The number of amides is 1. The van der Waals surface area contributed by atoms with Crippen LogP contribution in [0, 0.1) is 11.8 Å². The highest BCUT2D eigenvalue weighted by atomic mass is 16.3. The molecule has 0 spiro atoms. The zero-order chi connectivity index (χ0) is 15.8. The zero-order valence-electron chi connectivity index (χ0n) is 14.3. The smallest absolute Gasteiger partial charge is 0.222 e. The predicted molar refractivity (Wildman–Crippen MR) is 87.1 cm³/mol. The van der Waals surface area contributed by atoms with Gasteiger partial charge in [-0.2, -0.15) is 0 Å². The van der Waals surface area contributed by atoms with Crippen LogP contribution in [0.15, 0.2) is 0 Å². The van der Waals surface area contributed by atoms with Crippen molar-refractivity contribution < 1.29 is 9.90 Å². The van der Waals surface area contributed by atoms with E-state index in [-0.39, 0.29) is 17.9 Å². The molecule has 4 nitrogen and oxygen atoms in total. The number of aliphatic hydroxyl groups excluding tert-OH is 1. The molecule has 1 aliphatic rings. The highest BCUT2D eigenvalue weighted by molar-refractivity contribution is 5.76. The van der Waals surface area contributed by atoms with Gasteiger partial charge in [-0.05, 0) is 38.1 Å². The summed E-state index contributed by atoms with van der Waals surface area (Å²) in [6.45, 7) is 11.0. The average molecular weight is 298 g/mol. The van der Waals surface area contributed by atoms with Crippen LogP contribution in [0.2, 0.25) is 0 Å². The van der Waals surface area contributed by atoms with E-state index < -0.39 is 0 Å². The second kappa shape index (κ2) is 9.42. The first-order valence-electron chi connectivity index (χ1n) is 8.67. The Labute approximate surface area is 130 Å². The molecule has 0 saturated carbocycles. The highest BCUT2D eigenvalue weighted by Crippen LogP contribution is 2.23. The third-order valence-corrected chi connectivity index (χ3v) is 4.42. The fourth-order valence-electron chi connectivity index (χ4n) is 3.05. The van der Waals surface area contributed by atoms with E-state index in [9.17, 15) is 9.90 Å². The van der Waals surface area contributed by atoms with Gasteiger partial charge in [-0.3, -0.25) is 4.79 Å². The molecule has 0 aliphatic carbocycles. The number of nitrogens with zero attached hydrogens (tertiary/aromatic N) is 1. The van der Waals surface area contributed by atoms with Crippen molar-refractivity contribution in [2.75, 3.05) is 19.6 Å². The largest absolute Gasteiger partial charge is 0.393 e. The van der Waals surface area contributed by atoms with Gasteiger partial charge in [0.15, 0.2) is 0 Å². The van der Waals surface area contributed by atoms with Crippen molar-refractivity contribution in [3.05, 3.63) is 0 Å². The van der Waals surface area contributed by atoms with Crippen LogP contribution in [0.25, 0.3) is 0 Å². The van der Waals surface area contributed by atoms with E-state index in [0.29, 0.717) is 18.4 Å². The molecule has 3 unspecified atom stereocenters. The minimum atomic E-state index is -0.295. The van der Waals surface area contributed by atoms with Crippen molar-refractivity contribution in [2.24, 2.45) is 11.8 Å². The van der Waals surface area contributed by atoms with Crippen molar-refractivity contribution in [2.45, 2.75) is 71.9 Å². The van der Waals surface area contributed by atoms with Crippen molar-refractivity contribution in [1.82, 2.24) is 10.2 Å². The van der Waals surface area contributed by atoms with Gasteiger partial charge in [0.1, 0.15) is 0 Å². The Morgan fingerprint density at radius 3 is 2.62 bits per heavy atom. The monoisotopic (exact) mass is 298 g/mol. The standard InChI is InChI=1S/C17H34N2O2/c1-5-7-17(21)19-11-14(16(20)6-2)10-15(12-19)18-9-8-13(3)4/h13-16,18,20H,5-12H2,1-4H3. The van der Waals surface area contributed by atoms with E-state index in [4.69, 9.17) is 0 Å². The van der Waals surface area contributed by atoms with Crippen molar-refractivity contribution in [3.63, 3.8) is 0 Å². The summed E-state index contributed by atoms with van der Waals surface area (Å²) in [5.74, 6) is 1.14. The van der Waals surface area contributed by atoms with Gasteiger partial charge in [-0.1, -0.05) is 27.7 Å². The molecule has 0 aromatic heterocycles. The number of carbonyl (C=O) groups excluding carboxylic acids is 1. The molecule has 1 heterocycles. The molecule has 2 N–H and O–H groups in total. The normalized spacial score (nSPS) is 24.4. The average Bonchev–Trinajstić information content (AvgIpc) is 2.46. The number of nitrogens with one attached hydrogen (secondary N) is 1. The summed E-state index contributed by atoms with van der Waals surface area (Å²) in [4.78, 5) is 14.2. The topological polar surface area (TPSA) is 52.6 Å². The summed E-state index contributed by atoms with van der Waals surface area (Å²) in [6, 6.07) is 0.324.